The lowest BCUT2D eigenvalue weighted by atomic mass is 10.1. The quantitative estimate of drug-likeness (QED) is 0.899. The number of rotatable bonds is 4. The highest BCUT2D eigenvalue weighted by Gasteiger charge is 2.15. The maximum atomic E-state index is 11.8. The number of carbonyl (C=O) groups excluding carboxylic acids is 1. The summed E-state index contributed by atoms with van der Waals surface area (Å²) in [6, 6.07) is 5.11. The van der Waals surface area contributed by atoms with Crippen LogP contribution in [-0.4, -0.2) is 31.7 Å². The molecule has 1 aromatic carbocycles. The molecule has 0 atom stereocenters. The van der Waals surface area contributed by atoms with E-state index in [1.54, 1.807) is 18.2 Å². The summed E-state index contributed by atoms with van der Waals surface area (Å²) in [5.74, 6) is -0.220. The van der Waals surface area contributed by atoms with Crippen LogP contribution in [0.5, 0.6) is 0 Å². The third-order valence-electron chi connectivity index (χ3n) is 2.96. The summed E-state index contributed by atoms with van der Waals surface area (Å²) in [5, 5.41) is 6.70. The van der Waals surface area contributed by atoms with Crippen molar-refractivity contribution < 1.29 is 9.53 Å². The maximum absolute atomic E-state index is 11.8. The molecular formula is C13H16Cl2N2O2. The van der Waals surface area contributed by atoms with Gasteiger partial charge < -0.3 is 15.4 Å². The van der Waals surface area contributed by atoms with E-state index in [0.29, 0.717) is 15.7 Å². The first-order valence-corrected chi connectivity index (χ1v) is 6.98. The minimum atomic E-state index is -0.220. The summed E-state index contributed by atoms with van der Waals surface area (Å²) in [7, 11) is 0. The van der Waals surface area contributed by atoms with E-state index in [2.05, 4.69) is 10.6 Å². The molecule has 19 heavy (non-hydrogen) atoms. The zero-order valence-corrected chi connectivity index (χ0v) is 11.9. The molecule has 2 N–H and O–H groups in total. The third-order valence-corrected chi connectivity index (χ3v) is 3.78. The Morgan fingerprint density at radius 3 is 2.84 bits per heavy atom. The van der Waals surface area contributed by atoms with Crippen molar-refractivity contribution in [2.45, 2.75) is 18.9 Å². The molecule has 0 spiro atoms. The number of amides is 1. The molecule has 104 valence electrons. The SMILES string of the molecule is O=C(COC1CCNCC1)Nc1cccc(Cl)c1Cl. The molecule has 1 heterocycles. The summed E-state index contributed by atoms with van der Waals surface area (Å²) in [6.07, 6.45) is 2.03. The molecule has 4 nitrogen and oxygen atoms in total. The Balaban J connectivity index is 1.82. The van der Waals surface area contributed by atoms with Crippen LogP contribution >= 0.6 is 23.2 Å². The summed E-state index contributed by atoms with van der Waals surface area (Å²) < 4.78 is 5.56. The molecule has 1 fully saturated rings. The van der Waals surface area contributed by atoms with Gasteiger partial charge in [-0.3, -0.25) is 4.79 Å². The number of halogens is 2. The van der Waals surface area contributed by atoms with E-state index in [1.807, 2.05) is 0 Å². The van der Waals surface area contributed by atoms with Crippen LogP contribution in [0.4, 0.5) is 5.69 Å². The Morgan fingerprint density at radius 2 is 2.11 bits per heavy atom. The van der Waals surface area contributed by atoms with Gasteiger partial charge in [0.25, 0.3) is 0 Å². The van der Waals surface area contributed by atoms with Gasteiger partial charge in [0.1, 0.15) is 6.61 Å². The minimum Gasteiger partial charge on any atom is -0.368 e. The van der Waals surface area contributed by atoms with Gasteiger partial charge in [-0.05, 0) is 38.1 Å². The van der Waals surface area contributed by atoms with Gasteiger partial charge in [0.05, 0.1) is 21.8 Å². The van der Waals surface area contributed by atoms with Crippen molar-refractivity contribution in [3.8, 4) is 0 Å². The molecule has 6 heteroatoms. The van der Waals surface area contributed by atoms with Crippen LogP contribution in [-0.2, 0) is 9.53 Å². The molecule has 0 saturated carbocycles. The van der Waals surface area contributed by atoms with Crippen molar-refractivity contribution in [2.75, 3.05) is 25.0 Å². The predicted molar refractivity (Wildman–Crippen MR) is 76.9 cm³/mol. The zero-order valence-electron chi connectivity index (χ0n) is 10.4. The van der Waals surface area contributed by atoms with Crippen molar-refractivity contribution >= 4 is 34.8 Å². The van der Waals surface area contributed by atoms with Crippen LogP contribution in [0.2, 0.25) is 10.0 Å². The highest BCUT2D eigenvalue weighted by Crippen LogP contribution is 2.29. The third kappa shape index (κ3) is 4.35. The number of benzene rings is 1. The van der Waals surface area contributed by atoms with Gasteiger partial charge in [0, 0.05) is 0 Å². The number of ether oxygens (including phenoxy) is 1. The van der Waals surface area contributed by atoms with Crippen molar-refractivity contribution in [3.05, 3.63) is 28.2 Å². The van der Waals surface area contributed by atoms with Crippen LogP contribution in [0.25, 0.3) is 0 Å². The summed E-state index contributed by atoms with van der Waals surface area (Å²) >= 11 is 11.9. The molecule has 1 aliphatic heterocycles. The molecule has 1 aliphatic rings. The van der Waals surface area contributed by atoms with Gasteiger partial charge >= 0.3 is 0 Å². The highest BCUT2D eigenvalue weighted by atomic mass is 35.5. The van der Waals surface area contributed by atoms with Crippen LogP contribution in [0, 0.1) is 0 Å². The number of hydrogen-bond acceptors (Lipinski definition) is 3. The fraction of sp³-hybridized carbons (Fsp3) is 0.462. The van der Waals surface area contributed by atoms with Crippen LogP contribution in [0.3, 0.4) is 0 Å². The fourth-order valence-corrected chi connectivity index (χ4v) is 2.29. The van der Waals surface area contributed by atoms with Gasteiger partial charge in [-0.25, -0.2) is 0 Å². The highest BCUT2D eigenvalue weighted by molar-refractivity contribution is 6.43. The van der Waals surface area contributed by atoms with Gasteiger partial charge in [-0.1, -0.05) is 29.3 Å². The molecule has 0 radical (unpaired) electrons. The van der Waals surface area contributed by atoms with Crippen molar-refractivity contribution in [1.29, 1.82) is 0 Å². The Morgan fingerprint density at radius 1 is 1.37 bits per heavy atom. The van der Waals surface area contributed by atoms with E-state index in [0.717, 1.165) is 25.9 Å². The molecule has 0 bridgehead atoms. The first kappa shape index (κ1) is 14.6. The topological polar surface area (TPSA) is 50.4 Å². The molecular weight excluding hydrogens is 287 g/mol. The molecule has 0 aliphatic carbocycles. The van der Waals surface area contributed by atoms with Crippen LogP contribution in [0.1, 0.15) is 12.8 Å². The molecule has 1 amide bonds. The zero-order chi connectivity index (χ0) is 13.7. The molecule has 1 aromatic rings. The number of hydrogen-bond donors (Lipinski definition) is 2. The van der Waals surface area contributed by atoms with Crippen LogP contribution in [0.15, 0.2) is 18.2 Å². The monoisotopic (exact) mass is 302 g/mol. The Bertz CT molecular complexity index is 448. The van der Waals surface area contributed by atoms with Gasteiger partial charge in [0.15, 0.2) is 0 Å². The number of piperidine rings is 1. The lowest BCUT2D eigenvalue weighted by Crippen LogP contribution is -2.34. The second-order valence-electron chi connectivity index (χ2n) is 4.41. The lowest BCUT2D eigenvalue weighted by molar-refractivity contribution is -0.123. The van der Waals surface area contributed by atoms with E-state index in [9.17, 15) is 4.79 Å². The predicted octanol–water partition coefficient (Wildman–Crippen LogP) is 2.70. The Labute approximate surface area is 122 Å². The maximum Gasteiger partial charge on any atom is 0.250 e. The normalized spacial score (nSPS) is 16.3. The number of nitrogens with one attached hydrogen (secondary N) is 2. The second kappa shape index (κ2) is 7.10. The first-order chi connectivity index (χ1) is 9.16. The molecule has 0 unspecified atom stereocenters. The average molecular weight is 303 g/mol. The first-order valence-electron chi connectivity index (χ1n) is 6.23. The van der Waals surface area contributed by atoms with Crippen molar-refractivity contribution in [1.82, 2.24) is 5.32 Å². The summed E-state index contributed by atoms with van der Waals surface area (Å²) in [6.45, 7) is 1.91. The van der Waals surface area contributed by atoms with E-state index in [4.69, 9.17) is 27.9 Å². The Hall–Kier alpha value is -0.810. The summed E-state index contributed by atoms with van der Waals surface area (Å²) in [4.78, 5) is 11.8. The van der Waals surface area contributed by atoms with E-state index < -0.39 is 0 Å². The van der Waals surface area contributed by atoms with Crippen molar-refractivity contribution in [3.63, 3.8) is 0 Å². The summed E-state index contributed by atoms with van der Waals surface area (Å²) in [5.41, 5.74) is 0.507. The van der Waals surface area contributed by atoms with E-state index >= 15 is 0 Å². The molecule has 0 aromatic heterocycles. The second-order valence-corrected chi connectivity index (χ2v) is 5.20. The van der Waals surface area contributed by atoms with Crippen LogP contribution < -0.4 is 10.6 Å². The smallest absolute Gasteiger partial charge is 0.250 e. The average Bonchev–Trinajstić information content (AvgIpc) is 2.43. The fourth-order valence-electron chi connectivity index (χ4n) is 1.94. The van der Waals surface area contributed by atoms with Gasteiger partial charge in [-0.15, -0.1) is 0 Å². The standard InChI is InChI=1S/C13H16Cl2N2O2/c14-10-2-1-3-11(13(10)15)17-12(18)8-19-9-4-6-16-7-5-9/h1-3,9,16H,4-8H2,(H,17,18). The van der Waals surface area contributed by atoms with Crippen molar-refractivity contribution in [2.24, 2.45) is 0 Å². The minimum absolute atomic E-state index is 0.0352. The van der Waals surface area contributed by atoms with Gasteiger partial charge in [0.2, 0.25) is 5.91 Å². The molecule has 1 saturated heterocycles. The van der Waals surface area contributed by atoms with E-state index in [1.165, 1.54) is 0 Å². The van der Waals surface area contributed by atoms with E-state index in [-0.39, 0.29) is 18.6 Å². The Kier molecular flexibility index (Phi) is 5.45. The largest absolute Gasteiger partial charge is 0.368 e. The van der Waals surface area contributed by atoms with Gasteiger partial charge in [-0.2, -0.15) is 0 Å². The number of anilines is 1. The number of carbonyl (C=O) groups is 1. The molecule has 2 rings (SSSR count). The lowest BCUT2D eigenvalue weighted by Gasteiger charge is -2.22.